The molecule has 0 amide bonds. The number of pyridine rings is 1. The predicted molar refractivity (Wildman–Crippen MR) is 96.9 cm³/mol. The van der Waals surface area contributed by atoms with Crippen LogP contribution >= 0.6 is 0 Å². The minimum atomic E-state index is -1.79. The molecule has 0 radical (unpaired) electrons. The summed E-state index contributed by atoms with van der Waals surface area (Å²) in [7, 11) is 0. The molecule has 1 heterocycles. The molecule has 0 fully saturated rings. The van der Waals surface area contributed by atoms with E-state index in [4.69, 9.17) is 5.11 Å². The summed E-state index contributed by atoms with van der Waals surface area (Å²) in [5.74, 6) is -5.54. The third-order valence-electron chi connectivity index (χ3n) is 4.10. The highest BCUT2D eigenvalue weighted by Crippen LogP contribution is 2.19. The Hall–Kier alpha value is -3.81. The van der Waals surface area contributed by atoms with Crippen LogP contribution in [0.5, 0.6) is 0 Å². The molecule has 2 aromatic carbocycles. The van der Waals surface area contributed by atoms with Gasteiger partial charge in [0.2, 0.25) is 0 Å². The summed E-state index contributed by atoms with van der Waals surface area (Å²) in [4.78, 5) is 34.6. The molecule has 0 saturated heterocycles. The normalized spacial score (nSPS) is 11.6. The monoisotopic (exact) mass is 385 g/mol. The molecule has 0 saturated carbocycles. The molecule has 0 aliphatic heterocycles. The van der Waals surface area contributed by atoms with E-state index >= 15 is 0 Å². The highest BCUT2D eigenvalue weighted by molar-refractivity contribution is 6.38. The van der Waals surface area contributed by atoms with Crippen molar-refractivity contribution < 1.29 is 28.6 Å². The lowest BCUT2D eigenvalue weighted by Crippen LogP contribution is -2.17. The first-order valence-electron chi connectivity index (χ1n) is 8.02. The Balaban J connectivity index is 2.19. The number of hydrogen-bond donors (Lipinski definition) is 2. The molecular formula is C20H13F2NO5. The first-order valence-corrected chi connectivity index (χ1v) is 8.02. The fourth-order valence-electron chi connectivity index (χ4n) is 2.76. The van der Waals surface area contributed by atoms with Gasteiger partial charge in [0.1, 0.15) is 17.4 Å². The number of halogens is 2. The molecule has 28 heavy (non-hydrogen) atoms. The largest absolute Gasteiger partial charge is 0.507 e. The second-order valence-corrected chi connectivity index (χ2v) is 5.95. The highest BCUT2D eigenvalue weighted by atomic mass is 19.1. The molecule has 0 aliphatic rings. The summed E-state index contributed by atoms with van der Waals surface area (Å²) in [5.41, 5.74) is -0.405. The predicted octanol–water partition coefficient (Wildman–Crippen LogP) is 2.88. The third-order valence-corrected chi connectivity index (χ3v) is 4.10. The minimum absolute atomic E-state index is 0.0972. The zero-order chi connectivity index (χ0) is 20.4. The third kappa shape index (κ3) is 3.66. The van der Waals surface area contributed by atoms with Crippen LogP contribution in [-0.4, -0.2) is 26.5 Å². The molecule has 142 valence electrons. The Morgan fingerprint density at radius 2 is 1.79 bits per heavy atom. The molecule has 0 unspecified atom stereocenters. The topological polar surface area (TPSA) is 96.6 Å². The van der Waals surface area contributed by atoms with Crippen molar-refractivity contribution in [3.63, 3.8) is 0 Å². The fraction of sp³-hybridized carbons (Fsp3) is 0.0500. The summed E-state index contributed by atoms with van der Waals surface area (Å²) in [6.07, 6.45) is 1.62. The van der Waals surface area contributed by atoms with Gasteiger partial charge in [-0.2, -0.15) is 0 Å². The summed E-state index contributed by atoms with van der Waals surface area (Å²) in [6, 6.07) is 9.38. The van der Waals surface area contributed by atoms with Gasteiger partial charge >= 0.3 is 5.97 Å². The van der Waals surface area contributed by atoms with Crippen LogP contribution in [0.15, 0.2) is 59.5 Å². The second-order valence-electron chi connectivity index (χ2n) is 5.95. The van der Waals surface area contributed by atoms with Crippen molar-refractivity contribution in [3.8, 4) is 0 Å². The average Bonchev–Trinajstić information content (AvgIpc) is 2.65. The number of rotatable bonds is 5. The molecule has 0 aliphatic carbocycles. The van der Waals surface area contributed by atoms with E-state index in [1.807, 2.05) is 0 Å². The number of benzene rings is 2. The number of hydrogen-bond acceptors (Lipinski definition) is 4. The highest BCUT2D eigenvalue weighted by Gasteiger charge is 2.16. The Kier molecular flexibility index (Phi) is 5.04. The molecule has 6 nitrogen and oxygen atoms in total. The summed E-state index contributed by atoms with van der Waals surface area (Å²) in [5, 5.41) is 18.9. The number of aliphatic hydroxyl groups is 1. The van der Waals surface area contributed by atoms with Gasteiger partial charge < -0.3 is 14.8 Å². The number of carbonyl (C=O) groups is 2. The molecule has 1 aromatic heterocycles. The van der Waals surface area contributed by atoms with Crippen LogP contribution < -0.4 is 5.43 Å². The SMILES string of the molecule is O=C(O)C(=O)/C=C(\O)c1cn(Cc2ccc(F)cc2F)c2ccccc2c1=O. The Morgan fingerprint density at radius 1 is 1.07 bits per heavy atom. The quantitative estimate of drug-likeness (QED) is 0.400. The molecule has 2 N–H and O–H groups in total. The average molecular weight is 385 g/mol. The molecule has 8 heteroatoms. The maximum Gasteiger partial charge on any atom is 0.376 e. The number of carbonyl (C=O) groups excluding carboxylic acids is 1. The number of para-hydroxylation sites is 1. The Bertz CT molecular complexity index is 1200. The lowest BCUT2D eigenvalue weighted by Gasteiger charge is -2.14. The molecule has 0 bridgehead atoms. The van der Waals surface area contributed by atoms with Crippen LogP contribution in [0, 0.1) is 11.6 Å². The van der Waals surface area contributed by atoms with Gasteiger partial charge in [0.05, 0.1) is 17.6 Å². The van der Waals surface area contributed by atoms with Crippen LogP contribution in [0.2, 0.25) is 0 Å². The van der Waals surface area contributed by atoms with E-state index in [0.717, 1.165) is 12.1 Å². The fourth-order valence-corrected chi connectivity index (χ4v) is 2.76. The van der Waals surface area contributed by atoms with Crippen LogP contribution in [0.1, 0.15) is 11.1 Å². The number of carboxylic acids is 1. The first-order chi connectivity index (χ1) is 13.3. The maximum absolute atomic E-state index is 14.0. The molecule has 3 rings (SSSR count). The van der Waals surface area contributed by atoms with Gasteiger partial charge in [0, 0.05) is 29.3 Å². The van der Waals surface area contributed by atoms with Crippen molar-refractivity contribution in [1.82, 2.24) is 4.57 Å². The van der Waals surface area contributed by atoms with Crippen molar-refractivity contribution >= 4 is 28.4 Å². The van der Waals surface area contributed by atoms with Crippen molar-refractivity contribution in [1.29, 1.82) is 0 Å². The van der Waals surface area contributed by atoms with Crippen molar-refractivity contribution in [2.24, 2.45) is 0 Å². The number of aromatic nitrogens is 1. The van der Waals surface area contributed by atoms with E-state index < -0.39 is 34.6 Å². The Morgan fingerprint density at radius 3 is 2.46 bits per heavy atom. The number of fused-ring (bicyclic) bond motifs is 1. The summed E-state index contributed by atoms with van der Waals surface area (Å²) in [6.45, 7) is -0.0972. The van der Waals surface area contributed by atoms with Gasteiger partial charge in [-0.3, -0.25) is 9.59 Å². The van der Waals surface area contributed by atoms with E-state index in [-0.39, 0.29) is 23.1 Å². The van der Waals surface area contributed by atoms with E-state index in [1.165, 1.54) is 22.9 Å². The summed E-state index contributed by atoms with van der Waals surface area (Å²) < 4.78 is 28.6. The van der Waals surface area contributed by atoms with Gasteiger partial charge in [-0.05, 0) is 18.2 Å². The van der Waals surface area contributed by atoms with Crippen LogP contribution in [0.4, 0.5) is 8.78 Å². The van der Waals surface area contributed by atoms with E-state index in [0.29, 0.717) is 11.6 Å². The van der Waals surface area contributed by atoms with Crippen molar-refractivity contribution in [3.05, 3.63) is 87.7 Å². The smallest absolute Gasteiger partial charge is 0.376 e. The van der Waals surface area contributed by atoms with Crippen molar-refractivity contribution in [2.75, 3.05) is 0 Å². The second kappa shape index (κ2) is 7.43. The number of aliphatic carboxylic acids is 1. The van der Waals surface area contributed by atoms with Gasteiger partial charge in [-0.1, -0.05) is 18.2 Å². The molecule has 0 atom stereocenters. The van der Waals surface area contributed by atoms with E-state index in [2.05, 4.69) is 0 Å². The molecular weight excluding hydrogens is 372 g/mol. The number of carboxylic acid groups (broad SMARTS) is 1. The van der Waals surface area contributed by atoms with Crippen LogP contribution in [-0.2, 0) is 16.1 Å². The lowest BCUT2D eigenvalue weighted by molar-refractivity contribution is -0.146. The van der Waals surface area contributed by atoms with Crippen LogP contribution in [0.3, 0.4) is 0 Å². The number of nitrogens with zero attached hydrogens (tertiary/aromatic N) is 1. The van der Waals surface area contributed by atoms with Crippen molar-refractivity contribution in [2.45, 2.75) is 6.54 Å². The van der Waals surface area contributed by atoms with Gasteiger partial charge in [-0.15, -0.1) is 0 Å². The van der Waals surface area contributed by atoms with Gasteiger partial charge in [-0.25, -0.2) is 13.6 Å². The van der Waals surface area contributed by atoms with E-state index in [9.17, 15) is 28.3 Å². The Labute approximate surface area is 156 Å². The zero-order valence-electron chi connectivity index (χ0n) is 14.2. The standard InChI is InChI=1S/C20H13F2NO5/c21-12-6-5-11(15(22)7-12)9-23-10-14(17(24)8-18(25)20(27)28)19(26)13-3-1-2-4-16(13)23/h1-8,10,24H,9H2,(H,27,28)/b17-8-. The maximum atomic E-state index is 14.0. The van der Waals surface area contributed by atoms with Gasteiger partial charge in [0.25, 0.3) is 5.78 Å². The number of aliphatic hydroxyl groups excluding tert-OH is 1. The minimum Gasteiger partial charge on any atom is -0.507 e. The van der Waals surface area contributed by atoms with Crippen LogP contribution in [0.25, 0.3) is 16.7 Å². The lowest BCUT2D eigenvalue weighted by atomic mass is 10.1. The number of ketones is 1. The molecule has 3 aromatic rings. The zero-order valence-corrected chi connectivity index (χ0v) is 14.2. The molecule has 0 spiro atoms. The summed E-state index contributed by atoms with van der Waals surface area (Å²) >= 11 is 0. The van der Waals surface area contributed by atoms with Gasteiger partial charge in [0.15, 0.2) is 5.43 Å². The first kappa shape index (κ1) is 19.0. The van der Waals surface area contributed by atoms with E-state index in [1.54, 1.807) is 18.2 Å².